The quantitative estimate of drug-likeness (QED) is 0.270. The highest BCUT2D eigenvalue weighted by Crippen LogP contribution is 2.17. The highest BCUT2D eigenvalue weighted by Gasteiger charge is 2.19. The molecule has 31 heavy (non-hydrogen) atoms. The average molecular weight is 421 g/mol. The fourth-order valence-corrected chi connectivity index (χ4v) is 3.36. The lowest BCUT2D eigenvalue weighted by Gasteiger charge is -2.12. The smallest absolute Gasteiger partial charge is 0.320 e. The van der Waals surface area contributed by atoms with E-state index in [1.54, 1.807) is 22.8 Å². The molecule has 2 aromatic carbocycles. The maximum Gasteiger partial charge on any atom is 0.337 e. The molecule has 10 heteroatoms. The van der Waals surface area contributed by atoms with Crippen molar-refractivity contribution in [3.8, 4) is 5.69 Å². The van der Waals surface area contributed by atoms with E-state index in [1.165, 1.54) is 47.3 Å². The van der Waals surface area contributed by atoms with Crippen molar-refractivity contribution in [2.75, 3.05) is 0 Å². The fourth-order valence-electron chi connectivity index (χ4n) is 3.36. The van der Waals surface area contributed by atoms with Gasteiger partial charge in [-0.1, -0.05) is 24.3 Å². The summed E-state index contributed by atoms with van der Waals surface area (Å²) in [6, 6.07) is 11.3. The van der Waals surface area contributed by atoms with Gasteiger partial charge in [-0.3, -0.25) is 19.5 Å². The average Bonchev–Trinajstić information content (AvgIpc) is 3.15. The first kappa shape index (κ1) is 20.0. The Morgan fingerprint density at radius 2 is 1.90 bits per heavy atom. The van der Waals surface area contributed by atoms with Crippen LogP contribution in [0.4, 0.5) is 10.1 Å². The van der Waals surface area contributed by atoms with Crippen molar-refractivity contribution in [1.82, 2.24) is 18.7 Å². The van der Waals surface area contributed by atoms with Crippen LogP contribution in [0, 0.1) is 15.9 Å². The molecule has 0 saturated carbocycles. The summed E-state index contributed by atoms with van der Waals surface area (Å²) in [6.45, 7) is 3.75. The van der Waals surface area contributed by atoms with Crippen molar-refractivity contribution >= 4 is 16.9 Å². The number of nitro groups is 1. The van der Waals surface area contributed by atoms with Gasteiger partial charge in [0.15, 0.2) is 11.2 Å². The fraction of sp³-hybridized carbons (Fsp3) is 0.0952. The first-order valence-corrected chi connectivity index (χ1v) is 9.21. The van der Waals surface area contributed by atoms with E-state index in [-0.39, 0.29) is 35.6 Å². The van der Waals surface area contributed by atoms with Gasteiger partial charge >= 0.3 is 5.69 Å². The summed E-state index contributed by atoms with van der Waals surface area (Å²) < 4.78 is 17.5. The summed E-state index contributed by atoms with van der Waals surface area (Å²) in [5.74, 6) is -0.538. The zero-order chi connectivity index (χ0) is 22.1. The van der Waals surface area contributed by atoms with Crippen LogP contribution in [-0.2, 0) is 13.1 Å². The van der Waals surface area contributed by atoms with E-state index < -0.39 is 22.0 Å². The molecule has 0 unspecified atom stereocenters. The number of nitro benzene ring substituents is 1. The Kier molecular flexibility index (Phi) is 5.04. The van der Waals surface area contributed by atoms with E-state index in [9.17, 15) is 24.1 Å². The van der Waals surface area contributed by atoms with Crippen molar-refractivity contribution < 1.29 is 9.31 Å². The van der Waals surface area contributed by atoms with Crippen molar-refractivity contribution in [3.05, 3.63) is 110 Å². The van der Waals surface area contributed by atoms with Gasteiger partial charge in [-0.05, 0) is 23.8 Å². The predicted octanol–water partition coefficient (Wildman–Crippen LogP) is 2.63. The summed E-state index contributed by atoms with van der Waals surface area (Å²) >= 11 is 0. The lowest BCUT2D eigenvalue weighted by atomic mass is 10.2. The molecule has 2 aromatic heterocycles. The van der Waals surface area contributed by atoms with E-state index in [0.717, 1.165) is 4.57 Å². The largest absolute Gasteiger partial charge is 0.337 e. The Labute approximate surface area is 174 Å². The van der Waals surface area contributed by atoms with Gasteiger partial charge in [0.05, 0.1) is 16.9 Å². The molecule has 0 amide bonds. The number of rotatable bonds is 6. The van der Waals surface area contributed by atoms with Crippen molar-refractivity contribution in [2.24, 2.45) is 0 Å². The van der Waals surface area contributed by atoms with E-state index in [4.69, 9.17) is 0 Å². The van der Waals surface area contributed by atoms with Crippen LogP contribution < -0.4 is 11.2 Å². The normalized spacial score (nSPS) is 11.0. The molecule has 4 rings (SSSR count). The number of nitrogens with zero attached hydrogens (tertiary/aromatic N) is 5. The van der Waals surface area contributed by atoms with Crippen LogP contribution >= 0.6 is 0 Å². The van der Waals surface area contributed by atoms with Gasteiger partial charge in [-0.2, -0.15) is 0 Å². The first-order valence-electron chi connectivity index (χ1n) is 9.21. The first-order chi connectivity index (χ1) is 14.9. The van der Waals surface area contributed by atoms with Crippen molar-refractivity contribution in [1.29, 1.82) is 0 Å². The molecular formula is C21H16FN5O4. The Morgan fingerprint density at radius 1 is 1.16 bits per heavy atom. The Balaban J connectivity index is 1.93. The number of hydrogen-bond donors (Lipinski definition) is 0. The molecule has 0 spiro atoms. The molecule has 156 valence electrons. The van der Waals surface area contributed by atoms with E-state index in [2.05, 4.69) is 11.6 Å². The molecule has 0 aliphatic heterocycles. The molecule has 9 nitrogen and oxygen atoms in total. The van der Waals surface area contributed by atoms with Gasteiger partial charge in [0.25, 0.3) is 11.2 Å². The number of halogens is 1. The highest BCUT2D eigenvalue weighted by atomic mass is 19.1. The Morgan fingerprint density at radius 3 is 2.55 bits per heavy atom. The molecule has 0 atom stereocenters. The van der Waals surface area contributed by atoms with Crippen LogP contribution in [0.25, 0.3) is 16.9 Å². The van der Waals surface area contributed by atoms with Gasteiger partial charge in [0.2, 0.25) is 0 Å². The second-order valence-corrected chi connectivity index (χ2v) is 6.77. The minimum absolute atomic E-state index is 0.0361. The molecule has 0 N–H and O–H groups in total. The molecule has 0 radical (unpaired) electrons. The molecule has 0 aliphatic rings. The third kappa shape index (κ3) is 3.54. The number of benzene rings is 2. The van der Waals surface area contributed by atoms with Crippen LogP contribution in [0.1, 0.15) is 5.56 Å². The number of aromatic nitrogens is 4. The van der Waals surface area contributed by atoms with Gasteiger partial charge < -0.3 is 4.57 Å². The lowest BCUT2D eigenvalue weighted by molar-refractivity contribution is -0.384. The van der Waals surface area contributed by atoms with Crippen LogP contribution in [0.3, 0.4) is 0 Å². The summed E-state index contributed by atoms with van der Waals surface area (Å²) in [7, 11) is 0. The molecule has 2 heterocycles. The van der Waals surface area contributed by atoms with E-state index in [0.29, 0.717) is 5.56 Å². The zero-order valence-corrected chi connectivity index (χ0v) is 16.1. The second-order valence-electron chi connectivity index (χ2n) is 6.77. The lowest BCUT2D eigenvalue weighted by Crippen LogP contribution is -2.39. The summed E-state index contributed by atoms with van der Waals surface area (Å²) in [5, 5.41) is 10.9. The van der Waals surface area contributed by atoms with E-state index in [1.807, 2.05) is 0 Å². The van der Waals surface area contributed by atoms with Gasteiger partial charge in [-0.25, -0.2) is 18.7 Å². The Bertz CT molecular complexity index is 1430. The molecular weight excluding hydrogens is 405 g/mol. The number of imidazole rings is 1. The minimum atomic E-state index is -0.663. The predicted molar refractivity (Wildman–Crippen MR) is 112 cm³/mol. The second kappa shape index (κ2) is 7.82. The zero-order valence-electron chi connectivity index (χ0n) is 16.1. The monoisotopic (exact) mass is 421 g/mol. The summed E-state index contributed by atoms with van der Waals surface area (Å²) in [4.78, 5) is 40.7. The van der Waals surface area contributed by atoms with Crippen molar-refractivity contribution in [2.45, 2.75) is 13.1 Å². The molecule has 0 saturated heterocycles. The molecule has 0 aliphatic carbocycles. The van der Waals surface area contributed by atoms with Crippen molar-refractivity contribution in [3.63, 3.8) is 0 Å². The van der Waals surface area contributed by atoms with Gasteiger partial charge in [-0.15, -0.1) is 6.58 Å². The van der Waals surface area contributed by atoms with Crippen LogP contribution in [0.2, 0.25) is 0 Å². The van der Waals surface area contributed by atoms with Crippen LogP contribution in [0.15, 0.2) is 77.1 Å². The van der Waals surface area contributed by atoms with Crippen LogP contribution in [-0.4, -0.2) is 23.6 Å². The molecule has 4 aromatic rings. The number of fused-ring (bicyclic) bond motifs is 1. The van der Waals surface area contributed by atoms with Crippen LogP contribution in [0.5, 0.6) is 0 Å². The molecule has 0 fully saturated rings. The number of allylic oxidation sites excluding steroid dienone is 1. The third-order valence-corrected chi connectivity index (χ3v) is 4.78. The summed E-state index contributed by atoms with van der Waals surface area (Å²) in [5.41, 5.74) is -0.119. The summed E-state index contributed by atoms with van der Waals surface area (Å²) in [6.07, 6.45) is 2.82. The maximum absolute atomic E-state index is 13.8. The number of hydrogen-bond acceptors (Lipinski definition) is 5. The topological polar surface area (TPSA) is 105 Å². The third-order valence-electron chi connectivity index (χ3n) is 4.78. The number of non-ortho nitro benzene ring substituents is 1. The Hall–Kier alpha value is -4.34. The standard InChI is InChI=1S/C21H16FN5O4/c1-2-10-25-20(28)18-19(26(21(25)29)17-5-3-4-15(22)11-17)23-13-24(18)12-14-6-8-16(9-7-14)27(30)31/h2-9,11,13H,1,10,12H2. The van der Waals surface area contributed by atoms with Gasteiger partial charge in [0.1, 0.15) is 5.82 Å². The maximum atomic E-state index is 13.8. The SMILES string of the molecule is C=CCn1c(=O)c2c(ncn2Cc2ccc([N+](=O)[O-])cc2)n(-c2cccc(F)c2)c1=O. The van der Waals surface area contributed by atoms with E-state index >= 15 is 0 Å². The molecule has 0 bridgehead atoms. The minimum Gasteiger partial charge on any atom is -0.320 e. The van der Waals surface area contributed by atoms with Gasteiger partial charge in [0, 0.05) is 25.2 Å². The highest BCUT2D eigenvalue weighted by molar-refractivity contribution is 5.72.